The molecule has 0 amide bonds. The number of thiol groups is 1. The minimum absolute atomic E-state index is 0.333. The van der Waals surface area contributed by atoms with E-state index in [9.17, 15) is 0 Å². The Bertz CT molecular complexity index is 255. The number of carbonyl (C=O) groups is 1. The highest BCUT2D eigenvalue weighted by Gasteiger charge is 1.83. The molecular weight excluding hydrogens is 202 g/mol. The Hall–Kier alpha value is -0.400. The number of nitrogens with two attached hydrogens (primary N) is 1. The number of aldehydes is 1. The Morgan fingerprint density at radius 1 is 1.91 bits per heavy atom. The topological polar surface area (TPSA) is 71.8 Å². The van der Waals surface area contributed by atoms with Gasteiger partial charge in [-0.2, -0.15) is 12.6 Å². The molecule has 0 aliphatic heterocycles. The highest BCUT2D eigenvalue weighted by Crippen LogP contribution is 2.03. The van der Waals surface area contributed by atoms with Crippen LogP contribution < -0.4 is 5.73 Å². The van der Waals surface area contributed by atoms with Crippen LogP contribution in [-0.2, 0) is 4.79 Å². The molecule has 7 heteroatoms. The molecule has 4 nitrogen and oxygen atoms in total. The molecule has 0 aliphatic rings. The molecule has 0 saturated heterocycles. The van der Waals surface area contributed by atoms with Crippen molar-refractivity contribution in [1.82, 2.24) is 10.2 Å². The lowest BCUT2D eigenvalue weighted by Crippen LogP contribution is -1.79. The van der Waals surface area contributed by atoms with Crippen molar-refractivity contribution in [3.8, 4) is 0 Å². The number of rotatable bonds is 1. The van der Waals surface area contributed by atoms with Gasteiger partial charge in [0.25, 0.3) is 0 Å². The lowest BCUT2D eigenvalue weighted by molar-refractivity contribution is -0.105. The van der Waals surface area contributed by atoms with Crippen molar-refractivity contribution in [3.63, 3.8) is 0 Å². The third-order valence-electron chi connectivity index (χ3n) is 0.529. The Balaban J connectivity index is 0.000000218. The SMILES string of the molecule is Nc1n[nH]c(=S)s1.O=CCS. The van der Waals surface area contributed by atoms with Gasteiger partial charge in [0, 0.05) is 5.75 Å². The van der Waals surface area contributed by atoms with Crippen molar-refractivity contribution in [2.45, 2.75) is 0 Å². The van der Waals surface area contributed by atoms with Crippen molar-refractivity contribution < 1.29 is 4.79 Å². The summed E-state index contributed by atoms with van der Waals surface area (Å²) in [5.74, 6) is 0.333. The molecule has 0 unspecified atom stereocenters. The molecule has 11 heavy (non-hydrogen) atoms. The Morgan fingerprint density at radius 3 is 2.55 bits per heavy atom. The van der Waals surface area contributed by atoms with Crippen LogP contribution >= 0.6 is 36.2 Å². The number of carbonyl (C=O) groups excluding carboxylic acids is 1. The quantitative estimate of drug-likeness (QED) is 0.365. The summed E-state index contributed by atoms with van der Waals surface area (Å²) in [6.45, 7) is 0. The molecule has 0 bridgehead atoms. The van der Waals surface area contributed by atoms with Crippen LogP contribution in [0.2, 0.25) is 0 Å². The van der Waals surface area contributed by atoms with Gasteiger partial charge in [-0.15, -0.1) is 5.10 Å². The second kappa shape index (κ2) is 6.32. The van der Waals surface area contributed by atoms with Gasteiger partial charge in [0.15, 0.2) is 3.95 Å². The highest BCUT2D eigenvalue weighted by atomic mass is 32.1. The lowest BCUT2D eigenvalue weighted by Gasteiger charge is -1.65. The summed E-state index contributed by atoms with van der Waals surface area (Å²) >= 11 is 9.47. The first-order chi connectivity index (χ1) is 5.20. The second-order valence-electron chi connectivity index (χ2n) is 1.30. The molecule has 0 radical (unpaired) electrons. The Labute approximate surface area is 78.2 Å². The Kier molecular flexibility index (Phi) is 6.09. The fourth-order valence-electron chi connectivity index (χ4n) is 0.241. The van der Waals surface area contributed by atoms with Gasteiger partial charge < -0.3 is 10.5 Å². The molecule has 1 rings (SSSR count). The van der Waals surface area contributed by atoms with E-state index < -0.39 is 0 Å². The average molecular weight is 209 g/mol. The van der Waals surface area contributed by atoms with Crippen LogP contribution in [-0.4, -0.2) is 22.2 Å². The summed E-state index contributed by atoms with van der Waals surface area (Å²) in [6.07, 6.45) is 0.739. The minimum Gasteiger partial charge on any atom is -0.374 e. The van der Waals surface area contributed by atoms with Gasteiger partial charge in [-0.1, -0.05) is 11.3 Å². The maximum Gasteiger partial charge on any atom is 0.201 e. The Morgan fingerprint density at radius 2 is 2.45 bits per heavy atom. The maximum absolute atomic E-state index is 9.10. The zero-order chi connectivity index (χ0) is 8.69. The number of nitrogens with one attached hydrogen (secondary N) is 1. The minimum atomic E-state index is 0.333. The molecule has 62 valence electrons. The number of nitrogen functional groups attached to an aromatic ring is 1. The van der Waals surface area contributed by atoms with Gasteiger partial charge >= 0.3 is 0 Å². The molecule has 0 spiro atoms. The van der Waals surface area contributed by atoms with Crippen molar-refractivity contribution >= 4 is 47.6 Å². The fourth-order valence-corrected chi connectivity index (χ4v) is 0.916. The first kappa shape index (κ1) is 10.6. The molecule has 0 saturated carbocycles. The van der Waals surface area contributed by atoms with E-state index in [0.29, 0.717) is 14.8 Å². The summed E-state index contributed by atoms with van der Waals surface area (Å²) in [5.41, 5.74) is 5.19. The first-order valence-electron chi connectivity index (χ1n) is 2.56. The summed E-state index contributed by atoms with van der Waals surface area (Å²) in [5, 5.41) is 6.60. The number of nitrogens with zero attached hydrogens (tertiary/aromatic N) is 1. The van der Waals surface area contributed by atoms with Crippen LogP contribution in [0.5, 0.6) is 0 Å². The van der Waals surface area contributed by atoms with Crippen LogP contribution in [0.25, 0.3) is 0 Å². The fraction of sp³-hybridized carbons (Fsp3) is 0.250. The van der Waals surface area contributed by atoms with Crippen molar-refractivity contribution in [3.05, 3.63) is 3.95 Å². The zero-order valence-corrected chi connectivity index (χ0v) is 8.01. The van der Waals surface area contributed by atoms with Crippen molar-refractivity contribution in [1.29, 1.82) is 0 Å². The monoisotopic (exact) mass is 209 g/mol. The number of anilines is 1. The standard InChI is InChI=1S/C2H3N3S2.C2H4OS/c3-1-4-5-2(6)7-1;3-1-2-4/h(H2,3,4)(H,5,6);1,4H,2H2. The molecule has 0 aromatic carbocycles. The van der Waals surface area contributed by atoms with Gasteiger partial charge in [-0.3, -0.25) is 5.10 Å². The second-order valence-corrected chi connectivity index (χ2v) is 3.36. The first-order valence-corrected chi connectivity index (χ1v) is 4.42. The van der Waals surface area contributed by atoms with Gasteiger partial charge in [0.2, 0.25) is 5.13 Å². The van der Waals surface area contributed by atoms with Crippen molar-refractivity contribution in [2.24, 2.45) is 0 Å². The largest absolute Gasteiger partial charge is 0.374 e. The van der Waals surface area contributed by atoms with Gasteiger partial charge in [-0.05, 0) is 12.2 Å². The maximum atomic E-state index is 9.10. The number of aromatic amines is 1. The molecule has 1 aromatic rings. The van der Waals surface area contributed by atoms with E-state index in [1.165, 1.54) is 11.3 Å². The third kappa shape index (κ3) is 6.02. The number of hydrogen-bond acceptors (Lipinski definition) is 6. The molecule has 0 fully saturated rings. The molecule has 1 aromatic heterocycles. The molecule has 0 aliphatic carbocycles. The van der Waals surface area contributed by atoms with E-state index in [4.69, 9.17) is 10.5 Å². The smallest absolute Gasteiger partial charge is 0.201 e. The van der Waals surface area contributed by atoms with Crippen LogP contribution in [0.15, 0.2) is 0 Å². The predicted molar refractivity (Wildman–Crippen MR) is 51.6 cm³/mol. The predicted octanol–water partition coefficient (Wildman–Crippen LogP) is 0.898. The van der Waals surface area contributed by atoms with Crippen molar-refractivity contribution in [2.75, 3.05) is 11.5 Å². The van der Waals surface area contributed by atoms with E-state index in [0.717, 1.165) is 6.29 Å². The van der Waals surface area contributed by atoms with Gasteiger partial charge in [0.05, 0.1) is 0 Å². The lowest BCUT2D eigenvalue weighted by atomic mass is 10.9. The third-order valence-corrected chi connectivity index (χ3v) is 1.60. The summed E-state index contributed by atoms with van der Waals surface area (Å²) < 4.78 is 0.623. The van der Waals surface area contributed by atoms with Crippen LogP contribution in [0.3, 0.4) is 0 Å². The van der Waals surface area contributed by atoms with E-state index in [1.807, 2.05) is 0 Å². The van der Waals surface area contributed by atoms with Crippen LogP contribution in [0, 0.1) is 3.95 Å². The van der Waals surface area contributed by atoms with Crippen LogP contribution in [0.4, 0.5) is 5.13 Å². The summed E-state index contributed by atoms with van der Waals surface area (Å²) in [6, 6.07) is 0. The molecule has 0 atom stereocenters. The van der Waals surface area contributed by atoms with E-state index in [-0.39, 0.29) is 0 Å². The molecular formula is C4H7N3OS3. The molecule has 1 heterocycles. The van der Waals surface area contributed by atoms with Gasteiger partial charge in [0.1, 0.15) is 6.29 Å². The van der Waals surface area contributed by atoms with Gasteiger partial charge in [-0.25, -0.2) is 0 Å². The van der Waals surface area contributed by atoms with E-state index >= 15 is 0 Å². The highest BCUT2D eigenvalue weighted by molar-refractivity contribution is 7.80. The summed E-state index contributed by atoms with van der Waals surface area (Å²) in [7, 11) is 0. The zero-order valence-electron chi connectivity index (χ0n) is 5.48. The number of aromatic nitrogens is 2. The summed E-state index contributed by atoms with van der Waals surface area (Å²) in [4.78, 5) is 9.10. The van der Waals surface area contributed by atoms with Crippen LogP contribution in [0.1, 0.15) is 0 Å². The number of hydrogen-bond donors (Lipinski definition) is 3. The van der Waals surface area contributed by atoms with E-state index in [1.54, 1.807) is 0 Å². The van der Waals surface area contributed by atoms with E-state index in [2.05, 4.69) is 35.0 Å². The average Bonchev–Trinajstić information content (AvgIpc) is 2.35. The normalized spacial score (nSPS) is 8.09. The molecule has 3 N–H and O–H groups in total. The number of H-pyrrole nitrogens is 1.